The standard InChI is InChI=1S/C19H22N4O3/c1-13(20-19(26)22-15-7-5-4-6-8-15)17(24)21-16-11-9-14(10-12-16)18(25)23(2)3/h4-13H,1-3H3,(H,21,24)(H2,20,22,26). The highest BCUT2D eigenvalue weighted by molar-refractivity contribution is 5.99. The van der Waals surface area contributed by atoms with Gasteiger partial charge in [-0.1, -0.05) is 18.2 Å². The van der Waals surface area contributed by atoms with Gasteiger partial charge >= 0.3 is 6.03 Å². The molecule has 0 bridgehead atoms. The van der Waals surface area contributed by atoms with Crippen molar-refractivity contribution in [2.24, 2.45) is 0 Å². The number of hydrogen-bond acceptors (Lipinski definition) is 3. The number of carbonyl (C=O) groups excluding carboxylic acids is 3. The maximum atomic E-state index is 12.2. The molecule has 1 atom stereocenters. The van der Waals surface area contributed by atoms with Crippen LogP contribution in [0, 0.1) is 0 Å². The van der Waals surface area contributed by atoms with Crippen LogP contribution in [0.15, 0.2) is 54.6 Å². The Labute approximate surface area is 152 Å². The molecule has 136 valence electrons. The lowest BCUT2D eigenvalue weighted by molar-refractivity contribution is -0.117. The van der Waals surface area contributed by atoms with Gasteiger partial charge in [0.25, 0.3) is 5.91 Å². The van der Waals surface area contributed by atoms with Crippen molar-refractivity contribution in [3.8, 4) is 0 Å². The Kier molecular flexibility index (Phi) is 6.32. The summed E-state index contributed by atoms with van der Waals surface area (Å²) in [5.74, 6) is -0.476. The van der Waals surface area contributed by atoms with E-state index in [0.29, 0.717) is 16.9 Å². The molecule has 0 aliphatic carbocycles. The van der Waals surface area contributed by atoms with Gasteiger partial charge in [0.2, 0.25) is 5.91 Å². The number of urea groups is 1. The zero-order valence-electron chi connectivity index (χ0n) is 14.9. The van der Waals surface area contributed by atoms with Crippen LogP contribution in [0.2, 0.25) is 0 Å². The van der Waals surface area contributed by atoms with Crippen LogP contribution in [0.25, 0.3) is 0 Å². The van der Waals surface area contributed by atoms with Crippen molar-refractivity contribution in [2.45, 2.75) is 13.0 Å². The van der Waals surface area contributed by atoms with E-state index in [-0.39, 0.29) is 11.8 Å². The van der Waals surface area contributed by atoms with Crippen LogP contribution >= 0.6 is 0 Å². The van der Waals surface area contributed by atoms with Crippen molar-refractivity contribution in [1.82, 2.24) is 10.2 Å². The van der Waals surface area contributed by atoms with Gasteiger partial charge < -0.3 is 20.9 Å². The van der Waals surface area contributed by atoms with E-state index in [1.165, 1.54) is 4.90 Å². The SMILES string of the molecule is CC(NC(=O)Nc1ccccc1)C(=O)Nc1ccc(C(=O)N(C)C)cc1. The van der Waals surface area contributed by atoms with Crippen molar-refractivity contribution >= 4 is 29.2 Å². The molecule has 2 rings (SSSR count). The molecule has 0 aliphatic heterocycles. The maximum Gasteiger partial charge on any atom is 0.319 e. The molecule has 0 spiro atoms. The monoisotopic (exact) mass is 354 g/mol. The van der Waals surface area contributed by atoms with Crippen molar-refractivity contribution in [3.05, 3.63) is 60.2 Å². The van der Waals surface area contributed by atoms with Crippen LogP contribution in [-0.2, 0) is 4.79 Å². The number of nitrogens with one attached hydrogen (secondary N) is 3. The second-order valence-electron chi connectivity index (χ2n) is 5.95. The Morgan fingerprint density at radius 1 is 0.846 bits per heavy atom. The normalized spacial score (nSPS) is 11.2. The fourth-order valence-electron chi connectivity index (χ4n) is 2.16. The summed E-state index contributed by atoms with van der Waals surface area (Å²) in [4.78, 5) is 37.4. The predicted octanol–water partition coefficient (Wildman–Crippen LogP) is 2.54. The molecule has 7 nitrogen and oxygen atoms in total. The van der Waals surface area contributed by atoms with E-state index in [2.05, 4.69) is 16.0 Å². The van der Waals surface area contributed by atoms with Crippen LogP contribution in [0.5, 0.6) is 0 Å². The second kappa shape index (κ2) is 8.66. The van der Waals surface area contributed by atoms with Crippen molar-refractivity contribution in [1.29, 1.82) is 0 Å². The van der Waals surface area contributed by atoms with E-state index in [4.69, 9.17) is 0 Å². The van der Waals surface area contributed by atoms with Crippen molar-refractivity contribution in [2.75, 3.05) is 24.7 Å². The molecule has 3 N–H and O–H groups in total. The number of amides is 4. The molecule has 4 amide bonds. The van der Waals surface area contributed by atoms with Gasteiger partial charge in [-0.25, -0.2) is 4.79 Å². The largest absolute Gasteiger partial charge is 0.345 e. The lowest BCUT2D eigenvalue weighted by atomic mass is 10.2. The number of benzene rings is 2. The van der Waals surface area contributed by atoms with Crippen molar-refractivity contribution < 1.29 is 14.4 Å². The van der Waals surface area contributed by atoms with E-state index >= 15 is 0 Å². The van der Waals surface area contributed by atoms with Crippen LogP contribution in [-0.4, -0.2) is 42.9 Å². The molecule has 0 heterocycles. The highest BCUT2D eigenvalue weighted by Crippen LogP contribution is 2.11. The quantitative estimate of drug-likeness (QED) is 0.771. The smallest absolute Gasteiger partial charge is 0.319 e. The molecule has 0 saturated carbocycles. The lowest BCUT2D eigenvalue weighted by Crippen LogP contribution is -2.43. The van der Waals surface area contributed by atoms with E-state index in [1.54, 1.807) is 69.6 Å². The third-order valence-corrected chi connectivity index (χ3v) is 3.58. The summed E-state index contributed by atoms with van der Waals surface area (Å²) < 4.78 is 0. The second-order valence-corrected chi connectivity index (χ2v) is 5.95. The molecule has 0 aliphatic rings. The first-order chi connectivity index (χ1) is 12.4. The number of rotatable bonds is 5. The fourth-order valence-corrected chi connectivity index (χ4v) is 2.16. The Hall–Kier alpha value is -3.35. The summed E-state index contributed by atoms with van der Waals surface area (Å²) in [6.45, 7) is 1.59. The minimum atomic E-state index is -0.734. The van der Waals surface area contributed by atoms with Gasteiger partial charge in [-0.05, 0) is 43.3 Å². The summed E-state index contributed by atoms with van der Waals surface area (Å²) in [6.07, 6.45) is 0. The number of anilines is 2. The molecule has 26 heavy (non-hydrogen) atoms. The van der Waals surface area contributed by atoms with Gasteiger partial charge in [-0.3, -0.25) is 9.59 Å². The molecule has 0 saturated heterocycles. The molecule has 0 radical (unpaired) electrons. The zero-order valence-corrected chi connectivity index (χ0v) is 14.9. The molecule has 0 fully saturated rings. The third-order valence-electron chi connectivity index (χ3n) is 3.58. The Balaban J connectivity index is 1.88. The van der Waals surface area contributed by atoms with Gasteiger partial charge in [-0.15, -0.1) is 0 Å². The number of hydrogen-bond donors (Lipinski definition) is 3. The van der Waals surface area contributed by atoms with E-state index in [9.17, 15) is 14.4 Å². The summed E-state index contributed by atoms with van der Waals surface area (Å²) in [7, 11) is 3.34. The summed E-state index contributed by atoms with van der Waals surface area (Å²) in [5.41, 5.74) is 1.71. The zero-order chi connectivity index (χ0) is 19.1. The first-order valence-electron chi connectivity index (χ1n) is 8.12. The summed E-state index contributed by atoms with van der Waals surface area (Å²) >= 11 is 0. The van der Waals surface area contributed by atoms with E-state index in [1.807, 2.05) is 6.07 Å². The highest BCUT2D eigenvalue weighted by Gasteiger charge is 2.16. The molecule has 2 aromatic rings. The van der Waals surface area contributed by atoms with Crippen LogP contribution in [0.4, 0.5) is 16.2 Å². The molecule has 1 unspecified atom stereocenters. The minimum absolute atomic E-state index is 0.115. The number of carbonyl (C=O) groups is 3. The van der Waals surface area contributed by atoms with Gasteiger partial charge in [0.15, 0.2) is 0 Å². The molecular formula is C19H22N4O3. The third kappa shape index (κ3) is 5.34. The molecule has 2 aromatic carbocycles. The van der Waals surface area contributed by atoms with Gasteiger partial charge in [0.1, 0.15) is 6.04 Å². The van der Waals surface area contributed by atoms with Crippen LogP contribution in [0.3, 0.4) is 0 Å². The maximum absolute atomic E-state index is 12.2. The summed E-state index contributed by atoms with van der Waals surface area (Å²) in [6, 6.07) is 14.3. The van der Waals surface area contributed by atoms with Gasteiger partial charge in [0, 0.05) is 31.0 Å². The number of nitrogens with zero attached hydrogens (tertiary/aromatic N) is 1. The lowest BCUT2D eigenvalue weighted by Gasteiger charge is -2.15. The van der Waals surface area contributed by atoms with E-state index < -0.39 is 12.1 Å². The number of para-hydroxylation sites is 1. The van der Waals surface area contributed by atoms with Crippen LogP contribution in [0.1, 0.15) is 17.3 Å². The Morgan fingerprint density at radius 2 is 1.42 bits per heavy atom. The molecular weight excluding hydrogens is 332 g/mol. The van der Waals surface area contributed by atoms with Gasteiger partial charge in [-0.2, -0.15) is 0 Å². The summed E-state index contributed by atoms with van der Waals surface area (Å²) in [5, 5.41) is 7.92. The van der Waals surface area contributed by atoms with Crippen LogP contribution < -0.4 is 16.0 Å². The fraction of sp³-hybridized carbons (Fsp3) is 0.211. The minimum Gasteiger partial charge on any atom is -0.345 e. The Morgan fingerprint density at radius 3 is 2.00 bits per heavy atom. The molecule has 0 aromatic heterocycles. The van der Waals surface area contributed by atoms with Gasteiger partial charge in [0.05, 0.1) is 0 Å². The highest BCUT2D eigenvalue weighted by atomic mass is 16.2. The Bertz CT molecular complexity index is 773. The topological polar surface area (TPSA) is 90.5 Å². The van der Waals surface area contributed by atoms with Crippen molar-refractivity contribution in [3.63, 3.8) is 0 Å². The predicted molar refractivity (Wildman–Crippen MR) is 101 cm³/mol. The average Bonchev–Trinajstić information content (AvgIpc) is 2.62. The molecule has 7 heteroatoms. The first kappa shape index (κ1) is 19.0. The average molecular weight is 354 g/mol. The van der Waals surface area contributed by atoms with E-state index in [0.717, 1.165) is 0 Å². The first-order valence-corrected chi connectivity index (χ1v) is 8.12.